The van der Waals surface area contributed by atoms with Gasteiger partial charge in [0, 0.05) is 6.42 Å². The molecule has 5 N–H and O–H groups in total. The van der Waals surface area contributed by atoms with Crippen molar-refractivity contribution in [3.05, 3.63) is 48.6 Å². The predicted octanol–water partition coefficient (Wildman–Crippen LogP) is 8.39. The van der Waals surface area contributed by atoms with Gasteiger partial charge >= 0.3 is 0 Å². The van der Waals surface area contributed by atoms with E-state index in [1.54, 1.807) is 6.08 Å². The standard InChI is InChI=1S/C38H69NO5/c1-3-5-7-9-11-13-15-17-18-19-20-22-23-25-27-29-31-35(41)37(43)34(33-40)39-38(44)36(42)32-30-28-26-24-21-16-14-12-10-8-6-4-2/h18-19,21,23-25,28,30,34-37,40-43H,3-17,20,22,26-27,29,31-33H2,1-2H3,(H,39,44)/b19-18+,24-21-,25-23+,30-28-. The highest BCUT2D eigenvalue weighted by atomic mass is 16.3. The van der Waals surface area contributed by atoms with Gasteiger partial charge in [0.15, 0.2) is 0 Å². The van der Waals surface area contributed by atoms with Crippen molar-refractivity contribution in [1.82, 2.24) is 5.32 Å². The highest BCUT2D eigenvalue weighted by Crippen LogP contribution is 2.12. The molecule has 0 aliphatic rings. The molecule has 0 aromatic rings. The second-order valence-electron chi connectivity index (χ2n) is 12.2. The Morgan fingerprint density at radius 2 is 1.05 bits per heavy atom. The Balaban J connectivity index is 4.01. The minimum atomic E-state index is -1.31. The monoisotopic (exact) mass is 620 g/mol. The first-order valence-corrected chi connectivity index (χ1v) is 18.0. The summed E-state index contributed by atoms with van der Waals surface area (Å²) in [4.78, 5) is 12.4. The summed E-state index contributed by atoms with van der Waals surface area (Å²) in [7, 11) is 0. The molecule has 0 aromatic heterocycles. The molecule has 0 saturated carbocycles. The Hall–Kier alpha value is -1.73. The van der Waals surface area contributed by atoms with Crippen molar-refractivity contribution in [3.63, 3.8) is 0 Å². The maximum Gasteiger partial charge on any atom is 0.249 e. The van der Waals surface area contributed by atoms with Crippen molar-refractivity contribution < 1.29 is 25.2 Å². The highest BCUT2D eigenvalue weighted by Gasteiger charge is 2.28. The third-order valence-electron chi connectivity index (χ3n) is 8.00. The van der Waals surface area contributed by atoms with Crippen LogP contribution in [-0.2, 0) is 4.79 Å². The van der Waals surface area contributed by atoms with Gasteiger partial charge in [0.05, 0.1) is 18.8 Å². The lowest BCUT2D eigenvalue weighted by Gasteiger charge is -2.27. The number of hydrogen-bond donors (Lipinski definition) is 5. The Bertz CT molecular complexity index is 748. The third-order valence-corrected chi connectivity index (χ3v) is 8.00. The van der Waals surface area contributed by atoms with Crippen molar-refractivity contribution in [1.29, 1.82) is 0 Å². The van der Waals surface area contributed by atoms with E-state index in [0.717, 1.165) is 32.1 Å². The van der Waals surface area contributed by atoms with E-state index < -0.39 is 36.9 Å². The van der Waals surface area contributed by atoms with Crippen LogP contribution in [0.4, 0.5) is 0 Å². The van der Waals surface area contributed by atoms with Crippen LogP contribution in [0.5, 0.6) is 0 Å². The molecule has 0 spiro atoms. The maximum atomic E-state index is 12.4. The topological polar surface area (TPSA) is 110 Å². The van der Waals surface area contributed by atoms with Crippen molar-refractivity contribution in [2.45, 2.75) is 179 Å². The van der Waals surface area contributed by atoms with Gasteiger partial charge in [-0.1, -0.05) is 133 Å². The molecular weight excluding hydrogens is 550 g/mol. The minimum absolute atomic E-state index is 0.148. The summed E-state index contributed by atoms with van der Waals surface area (Å²) in [6.07, 6.45) is 37.2. The molecule has 1 amide bonds. The Morgan fingerprint density at radius 3 is 1.59 bits per heavy atom. The molecule has 256 valence electrons. The lowest BCUT2D eigenvalue weighted by molar-refractivity contribution is -0.132. The zero-order chi connectivity index (χ0) is 32.5. The third kappa shape index (κ3) is 26.7. The fraction of sp³-hybridized carbons (Fsp3) is 0.763. The summed E-state index contributed by atoms with van der Waals surface area (Å²) in [6.45, 7) is 3.95. The summed E-state index contributed by atoms with van der Waals surface area (Å²) in [5, 5.41) is 43.2. The number of unbranched alkanes of at least 4 members (excludes halogenated alkanes) is 15. The van der Waals surface area contributed by atoms with Gasteiger partial charge in [-0.3, -0.25) is 4.79 Å². The first kappa shape index (κ1) is 42.3. The number of carbonyl (C=O) groups is 1. The Labute approximate surface area is 270 Å². The number of carbonyl (C=O) groups excluding carboxylic acids is 1. The number of rotatable bonds is 31. The van der Waals surface area contributed by atoms with Crippen LogP contribution in [-0.4, -0.2) is 57.3 Å². The van der Waals surface area contributed by atoms with E-state index in [9.17, 15) is 25.2 Å². The summed E-state index contributed by atoms with van der Waals surface area (Å²) in [5.74, 6) is -0.669. The zero-order valence-corrected chi connectivity index (χ0v) is 28.4. The predicted molar refractivity (Wildman–Crippen MR) is 187 cm³/mol. The smallest absolute Gasteiger partial charge is 0.249 e. The van der Waals surface area contributed by atoms with E-state index >= 15 is 0 Å². The second kappa shape index (κ2) is 32.7. The van der Waals surface area contributed by atoms with Crippen molar-refractivity contribution >= 4 is 5.91 Å². The van der Waals surface area contributed by atoms with Gasteiger partial charge < -0.3 is 25.7 Å². The number of nitrogens with one attached hydrogen (secondary N) is 1. The van der Waals surface area contributed by atoms with Crippen LogP contribution in [0.25, 0.3) is 0 Å². The molecule has 6 nitrogen and oxygen atoms in total. The van der Waals surface area contributed by atoms with Gasteiger partial charge in [-0.2, -0.15) is 0 Å². The van der Waals surface area contributed by atoms with E-state index in [4.69, 9.17) is 0 Å². The fourth-order valence-electron chi connectivity index (χ4n) is 5.05. The maximum absolute atomic E-state index is 12.4. The van der Waals surface area contributed by atoms with Gasteiger partial charge in [0.1, 0.15) is 12.2 Å². The van der Waals surface area contributed by atoms with Gasteiger partial charge in [-0.15, -0.1) is 0 Å². The Morgan fingerprint density at radius 1 is 0.591 bits per heavy atom. The summed E-state index contributed by atoms with van der Waals surface area (Å²) in [6, 6.07) is -1.04. The van der Waals surface area contributed by atoms with E-state index in [1.165, 1.54) is 89.9 Å². The molecule has 4 unspecified atom stereocenters. The van der Waals surface area contributed by atoms with Crippen LogP contribution in [0.3, 0.4) is 0 Å². The molecule has 0 aliphatic heterocycles. The number of amides is 1. The molecule has 0 fully saturated rings. The lowest BCUT2D eigenvalue weighted by Crippen LogP contribution is -2.52. The van der Waals surface area contributed by atoms with E-state index in [0.29, 0.717) is 12.8 Å². The van der Waals surface area contributed by atoms with E-state index in [1.807, 2.05) is 6.08 Å². The quantitative estimate of drug-likeness (QED) is 0.0395. The molecule has 0 aromatic carbocycles. The van der Waals surface area contributed by atoms with Crippen LogP contribution in [0.2, 0.25) is 0 Å². The highest BCUT2D eigenvalue weighted by molar-refractivity contribution is 5.81. The molecule has 6 heteroatoms. The van der Waals surface area contributed by atoms with Gasteiger partial charge in [0.25, 0.3) is 0 Å². The average Bonchev–Trinajstić information content (AvgIpc) is 3.03. The Kier molecular flexibility index (Phi) is 31.4. The summed E-state index contributed by atoms with van der Waals surface area (Å²) >= 11 is 0. The largest absolute Gasteiger partial charge is 0.394 e. The molecule has 44 heavy (non-hydrogen) atoms. The van der Waals surface area contributed by atoms with E-state index in [-0.39, 0.29) is 6.42 Å². The number of aliphatic hydroxyl groups excluding tert-OH is 4. The van der Waals surface area contributed by atoms with Crippen LogP contribution in [0.1, 0.15) is 155 Å². The van der Waals surface area contributed by atoms with Crippen LogP contribution in [0.15, 0.2) is 48.6 Å². The molecule has 0 heterocycles. The van der Waals surface area contributed by atoms with Crippen molar-refractivity contribution in [2.24, 2.45) is 0 Å². The lowest BCUT2D eigenvalue weighted by atomic mass is 10.0. The van der Waals surface area contributed by atoms with Crippen LogP contribution in [0, 0.1) is 0 Å². The zero-order valence-electron chi connectivity index (χ0n) is 28.4. The van der Waals surface area contributed by atoms with Gasteiger partial charge in [-0.05, 0) is 64.2 Å². The molecule has 0 rings (SSSR count). The molecule has 0 saturated heterocycles. The molecule has 0 radical (unpaired) electrons. The molecule has 0 aliphatic carbocycles. The van der Waals surface area contributed by atoms with Gasteiger partial charge in [0.2, 0.25) is 5.91 Å². The second-order valence-corrected chi connectivity index (χ2v) is 12.2. The first-order chi connectivity index (χ1) is 21.5. The normalized spacial score (nSPS) is 15.1. The van der Waals surface area contributed by atoms with Crippen molar-refractivity contribution in [3.8, 4) is 0 Å². The molecule has 0 bridgehead atoms. The number of allylic oxidation sites excluding steroid dienone is 7. The van der Waals surface area contributed by atoms with Crippen LogP contribution < -0.4 is 5.32 Å². The molecule has 4 atom stereocenters. The average molecular weight is 620 g/mol. The van der Waals surface area contributed by atoms with Crippen molar-refractivity contribution in [2.75, 3.05) is 6.61 Å². The summed E-state index contributed by atoms with van der Waals surface area (Å²) in [5.41, 5.74) is 0. The number of aliphatic hydroxyl groups is 4. The SMILES string of the molecule is CCCCCCCC/C=C\C/C=C\CC(O)C(=O)NC(CO)C(O)C(O)CCC/C=C/CC/C=C/CCCCCCCCC. The molecular formula is C38H69NO5. The van der Waals surface area contributed by atoms with E-state index in [2.05, 4.69) is 55.6 Å². The van der Waals surface area contributed by atoms with Crippen LogP contribution >= 0.6 is 0 Å². The van der Waals surface area contributed by atoms with Gasteiger partial charge in [-0.25, -0.2) is 0 Å². The first-order valence-electron chi connectivity index (χ1n) is 18.0. The fourth-order valence-corrected chi connectivity index (χ4v) is 5.05. The minimum Gasteiger partial charge on any atom is -0.394 e. The summed E-state index contributed by atoms with van der Waals surface area (Å²) < 4.78 is 0. The number of hydrogen-bond acceptors (Lipinski definition) is 5.